The van der Waals surface area contributed by atoms with Crippen molar-refractivity contribution in [3.05, 3.63) is 35.4 Å². The molecule has 0 spiro atoms. The zero-order valence-electron chi connectivity index (χ0n) is 16.8. The van der Waals surface area contributed by atoms with Crippen molar-refractivity contribution in [1.82, 2.24) is 10.2 Å². The zero-order chi connectivity index (χ0) is 19.4. The van der Waals surface area contributed by atoms with E-state index in [1.807, 2.05) is 43.0 Å². The lowest BCUT2D eigenvalue weighted by molar-refractivity contribution is -0.125. The van der Waals surface area contributed by atoms with Crippen LogP contribution in [0.1, 0.15) is 57.0 Å². The zero-order valence-corrected chi connectivity index (χ0v) is 17.6. The van der Waals surface area contributed by atoms with Gasteiger partial charge in [0.15, 0.2) is 0 Å². The molecule has 1 aromatic carbocycles. The highest BCUT2D eigenvalue weighted by Gasteiger charge is 2.42. The standard InChI is InChI=1S/C21H32N2O2S/c1-13(2)11-19-23(21(25)17-10-8-7-9-15(17)5)18(12-26-19)20(24)22-16(6)14(3)4/h7-10,13-14,16,18-19H,11-12H2,1-6H3,(H,22,24). The lowest BCUT2D eigenvalue weighted by Gasteiger charge is -2.31. The largest absolute Gasteiger partial charge is 0.352 e. The molecule has 1 N–H and O–H groups in total. The van der Waals surface area contributed by atoms with E-state index >= 15 is 0 Å². The van der Waals surface area contributed by atoms with Crippen molar-refractivity contribution in [3.63, 3.8) is 0 Å². The number of nitrogens with zero attached hydrogens (tertiary/aromatic N) is 1. The fraction of sp³-hybridized carbons (Fsp3) is 0.619. The molecule has 3 unspecified atom stereocenters. The summed E-state index contributed by atoms with van der Waals surface area (Å²) in [6.45, 7) is 12.5. The van der Waals surface area contributed by atoms with Crippen LogP contribution in [-0.4, -0.2) is 39.9 Å². The van der Waals surface area contributed by atoms with E-state index in [9.17, 15) is 9.59 Å². The van der Waals surface area contributed by atoms with Gasteiger partial charge in [0.05, 0.1) is 5.37 Å². The lowest BCUT2D eigenvalue weighted by atomic mass is 10.0. The van der Waals surface area contributed by atoms with Crippen molar-refractivity contribution < 1.29 is 9.59 Å². The Morgan fingerprint density at radius 3 is 2.42 bits per heavy atom. The quantitative estimate of drug-likeness (QED) is 0.814. The first-order valence-electron chi connectivity index (χ1n) is 9.52. The van der Waals surface area contributed by atoms with Gasteiger partial charge < -0.3 is 10.2 Å². The van der Waals surface area contributed by atoms with Crippen LogP contribution in [0.4, 0.5) is 0 Å². The van der Waals surface area contributed by atoms with E-state index in [-0.39, 0.29) is 23.2 Å². The summed E-state index contributed by atoms with van der Waals surface area (Å²) < 4.78 is 0. The topological polar surface area (TPSA) is 49.4 Å². The summed E-state index contributed by atoms with van der Waals surface area (Å²) in [7, 11) is 0. The van der Waals surface area contributed by atoms with Gasteiger partial charge in [-0.2, -0.15) is 0 Å². The van der Waals surface area contributed by atoms with Gasteiger partial charge in [-0.05, 0) is 43.7 Å². The van der Waals surface area contributed by atoms with E-state index in [4.69, 9.17) is 0 Å². The van der Waals surface area contributed by atoms with E-state index in [1.165, 1.54) is 0 Å². The number of carbonyl (C=O) groups excluding carboxylic acids is 2. The average molecular weight is 377 g/mol. The molecule has 0 aromatic heterocycles. The van der Waals surface area contributed by atoms with Crippen molar-refractivity contribution in [2.24, 2.45) is 11.8 Å². The van der Waals surface area contributed by atoms with Crippen molar-refractivity contribution in [2.75, 3.05) is 5.75 Å². The Balaban J connectivity index is 2.28. The number of carbonyl (C=O) groups is 2. The summed E-state index contributed by atoms with van der Waals surface area (Å²) >= 11 is 1.72. The maximum Gasteiger partial charge on any atom is 0.255 e. The second-order valence-electron chi connectivity index (χ2n) is 8.00. The number of nitrogens with one attached hydrogen (secondary N) is 1. The Bertz CT molecular complexity index is 645. The highest BCUT2D eigenvalue weighted by atomic mass is 32.2. The highest BCUT2D eigenvalue weighted by Crippen LogP contribution is 2.35. The molecule has 0 aliphatic carbocycles. The Kier molecular flexibility index (Phi) is 7.16. The van der Waals surface area contributed by atoms with Crippen LogP contribution in [0.3, 0.4) is 0 Å². The summed E-state index contributed by atoms with van der Waals surface area (Å²) in [6, 6.07) is 7.31. The Labute approximate surface area is 162 Å². The van der Waals surface area contributed by atoms with E-state index in [0.717, 1.165) is 12.0 Å². The molecule has 1 saturated heterocycles. The third kappa shape index (κ3) is 4.81. The first-order chi connectivity index (χ1) is 12.2. The van der Waals surface area contributed by atoms with Gasteiger partial charge in [-0.3, -0.25) is 9.59 Å². The van der Waals surface area contributed by atoms with Gasteiger partial charge in [0.25, 0.3) is 5.91 Å². The van der Waals surface area contributed by atoms with Gasteiger partial charge in [0.1, 0.15) is 6.04 Å². The predicted octanol–water partition coefficient (Wildman–Crippen LogP) is 4.09. The molecule has 2 rings (SSSR count). The summed E-state index contributed by atoms with van der Waals surface area (Å²) in [5.41, 5.74) is 1.64. The first kappa shape index (κ1) is 20.8. The molecular formula is C21H32N2O2S. The maximum absolute atomic E-state index is 13.3. The van der Waals surface area contributed by atoms with Gasteiger partial charge in [0.2, 0.25) is 5.91 Å². The Morgan fingerprint density at radius 2 is 1.85 bits per heavy atom. The third-order valence-corrected chi connectivity index (χ3v) is 6.36. The molecule has 5 heteroatoms. The molecule has 0 radical (unpaired) electrons. The number of benzene rings is 1. The Morgan fingerprint density at radius 1 is 1.19 bits per heavy atom. The number of rotatable bonds is 6. The second kappa shape index (κ2) is 8.94. The van der Waals surface area contributed by atoms with Crippen LogP contribution in [0.15, 0.2) is 24.3 Å². The predicted molar refractivity (Wildman–Crippen MR) is 109 cm³/mol. The van der Waals surface area contributed by atoms with Gasteiger partial charge in [0, 0.05) is 17.4 Å². The molecule has 1 aliphatic rings. The van der Waals surface area contributed by atoms with E-state index < -0.39 is 6.04 Å². The molecule has 1 aromatic rings. The molecule has 0 saturated carbocycles. The average Bonchev–Trinajstić information content (AvgIpc) is 2.97. The molecule has 1 fully saturated rings. The molecule has 1 aliphatic heterocycles. The third-order valence-electron chi connectivity index (χ3n) is 5.05. The SMILES string of the molecule is Cc1ccccc1C(=O)N1C(CC(C)C)SCC1C(=O)NC(C)C(C)C. The van der Waals surface area contributed by atoms with E-state index in [1.54, 1.807) is 11.8 Å². The van der Waals surface area contributed by atoms with Crippen LogP contribution in [0.2, 0.25) is 0 Å². The molecule has 26 heavy (non-hydrogen) atoms. The highest BCUT2D eigenvalue weighted by molar-refractivity contribution is 8.00. The summed E-state index contributed by atoms with van der Waals surface area (Å²) in [5.74, 6) is 1.42. The summed E-state index contributed by atoms with van der Waals surface area (Å²) in [4.78, 5) is 28.1. The molecular weight excluding hydrogens is 344 g/mol. The monoisotopic (exact) mass is 376 g/mol. The minimum Gasteiger partial charge on any atom is -0.352 e. The van der Waals surface area contributed by atoms with E-state index in [2.05, 4.69) is 33.0 Å². The number of hydrogen-bond acceptors (Lipinski definition) is 3. The van der Waals surface area contributed by atoms with Crippen LogP contribution < -0.4 is 5.32 Å². The molecule has 144 valence electrons. The second-order valence-corrected chi connectivity index (χ2v) is 9.21. The normalized spacial score (nSPS) is 21.3. The lowest BCUT2D eigenvalue weighted by Crippen LogP contribution is -2.52. The van der Waals surface area contributed by atoms with E-state index in [0.29, 0.717) is 23.2 Å². The molecule has 0 bridgehead atoms. The van der Waals surface area contributed by atoms with Crippen LogP contribution in [-0.2, 0) is 4.79 Å². The number of aryl methyl sites for hydroxylation is 1. The maximum atomic E-state index is 13.3. The molecule has 1 heterocycles. The van der Waals surface area contributed by atoms with Crippen LogP contribution in [0.25, 0.3) is 0 Å². The fourth-order valence-electron chi connectivity index (χ4n) is 3.06. The van der Waals surface area contributed by atoms with Crippen LogP contribution in [0, 0.1) is 18.8 Å². The van der Waals surface area contributed by atoms with Gasteiger partial charge in [-0.25, -0.2) is 0 Å². The molecule has 2 amide bonds. The van der Waals surface area contributed by atoms with Crippen molar-refractivity contribution >= 4 is 23.6 Å². The minimum absolute atomic E-state index is 0.0314. The Hall–Kier alpha value is -1.49. The molecule has 3 atom stereocenters. The van der Waals surface area contributed by atoms with Crippen molar-refractivity contribution in [2.45, 2.75) is 65.4 Å². The van der Waals surface area contributed by atoms with Crippen LogP contribution >= 0.6 is 11.8 Å². The van der Waals surface area contributed by atoms with Gasteiger partial charge in [-0.15, -0.1) is 11.8 Å². The summed E-state index contributed by atoms with van der Waals surface area (Å²) in [5, 5.41) is 3.15. The van der Waals surface area contributed by atoms with Crippen molar-refractivity contribution in [3.8, 4) is 0 Å². The number of amides is 2. The van der Waals surface area contributed by atoms with Crippen LogP contribution in [0.5, 0.6) is 0 Å². The minimum atomic E-state index is -0.406. The van der Waals surface area contributed by atoms with Crippen molar-refractivity contribution in [1.29, 1.82) is 0 Å². The van der Waals surface area contributed by atoms with Gasteiger partial charge >= 0.3 is 0 Å². The number of thioether (sulfide) groups is 1. The smallest absolute Gasteiger partial charge is 0.255 e. The fourth-order valence-corrected chi connectivity index (χ4v) is 4.70. The molecule has 4 nitrogen and oxygen atoms in total. The number of hydrogen-bond donors (Lipinski definition) is 1. The van der Waals surface area contributed by atoms with Gasteiger partial charge in [-0.1, -0.05) is 45.9 Å². The first-order valence-corrected chi connectivity index (χ1v) is 10.6. The summed E-state index contributed by atoms with van der Waals surface area (Å²) in [6.07, 6.45) is 0.895.